The Morgan fingerprint density at radius 1 is 1.62 bits per heavy atom. The third-order valence-corrected chi connectivity index (χ3v) is 3.99. The fraction of sp³-hybridized carbons (Fsp3) is 0.455. The van der Waals surface area contributed by atoms with Gasteiger partial charge in [0.05, 0.1) is 0 Å². The molecule has 0 unspecified atom stereocenters. The molecule has 1 saturated heterocycles. The number of phosphoric ester groups is 1. The number of phosphoric acid groups is 1. The fourth-order valence-corrected chi connectivity index (χ4v) is 2.89. The molecule has 10 nitrogen and oxygen atoms in total. The normalized spacial score (nSPS) is 24.8. The molecule has 1 aliphatic heterocycles. The number of anilines is 1. The second kappa shape index (κ2) is 5.60. The zero-order valence-corrected chi connectivity index (χ0v) is 12.9. The van der Waals surface area contributed by atoms with Crippen molar-refractivity contribution in [3.8, 4) is 0 Å². The number of nitrogens with zero attached hydrogens (tertiary/aromatic N) is 2. The van der Waals surface area contributed by atoms with Gasteiger partial charge in [-0.15, -0.1) is 0 Å². The molecular formula is C11H13F2N4O6P. The Kier molecular flexibility index (Phi) is 3.97. The molecule has 2 aromatic heterocycles. The number of nitrogen functional groups attached to an aromatic ring is 1. The van der Waals surface area contributed by atoms with Gasteiger partial charge in [0.2, 0.25) is 11.8 Å². The van der Waals surface area contributed by atoms with Gasteiger partial charge in [0, 0.05) is 12.6 Å². The van der Waals surface area contributed by atoms with Crippen LogP contribution in [0.1, 0.15) is 19.1 Å². The number of nitrogens with two attached hydrogens (primary N) is 1. The summed E-state index contributed by atoms with van der Waals surface area (Å²) in [5, 5.41) is -0.351. The molecule has 0 spiro atoms. The maximum Gasteiger partial charge on any atom is 0.469 e. The van der Waals surface area contributed by atoms with Crippen molar-refractivity contribution >= 4 is 24.8 Å². The summed E-state index contributed by atoms with van der Waals surface area (Å²) in [5.74, 6) is -3.60. The molecule has 0 bridgehead atoms. The number of rotatable bonds is 4. The van der Waals surface area contributed by atoms with Gasteiger partial charge in [-0.25, -0.2) is 13.3 Å². The van der Waals surface area contributed by atoms with Crippen LogP contribution in [-0.2, 0) is 13.8 Å². The van der Waals surface area contributed by atoms with Crippen LogP contribution in [0.25, 0.3) is 11.0 Å². The second-order valence-corrected chi connectivity index (χ2v) is 6.53. The first-order valence-corrected chi connectivity index (χ1v) is 8.24. The molecule has 0 radical (unpaired) electrons. The summed E-state index contributed by atoms with van der Waals surface area (Å²) in [5.41, 5.74) is 4.51. The molecule has 3 heterocycles. The van der Waals surface area contributed by atoms with Gasteiger partial charge >= 0.3 is 7.82 Å². The summed E-state index contributed by atoms with van der Waals surface area (Å²) >= 11 is 0. The van der Waals surface area contributed by atoms with Gasteiger partial charge in [-0.2, -0.15) is 4.98 Å². The van der Waals surface area contributed by atoms with Gasteiger partial charge in [-0.3, -0.25) is 14.3 Å². The van der Waals surface area contributed by atoms with Gasteiger partial charge in [-0.1, -0.05) is 0 Å². The molecule has 24 heavy (non-hydrogen) atoms. The minimum Gasteiger partial charge on any atom is -0.369 e. The second-order valence-electron chi connectivity index (χ2n) is 5.29. The molecule has 1 fully saturated rings. The zero-order valence-electron chi connectivity index (χ0n) is 12.0. The summed E-state index contributed by atoms with van der Waals surface area (Å²) in [7, 11) is -4.86. The average Bonchev–Trinajstić information content (AvgIpc) is 2.98. The molecule has 0 saturated carbocycles. The lowest BCUT2D eigenvalue weighted by Crippen LogP contribution is -2.28. The van der Waals surface area contributed by atoms with Gasteiger partial charge in [-0.05, 0) is 6.42 Å². The molecule has 0 aliphatic carbocycles. The molecule has 2 aromatic rings. The Bertz CT molecular complexity index is 895. The molecular weight excluding hydrogens is 353 g/mol. The fourth-order valence-electron chi connectivity index (χ4n) is 2.53. The Labute approximate surface area is 132 Å². The van der Waals surface area contributed by atoms with Crippen molar-refractivity contribution in [3.63, 3.8) is 0 Å². The van der Waals surface area contributed by atoms with Crippen LogP contribution in [0.5, 0.6) is 0 Å². The first-order valence-electron chi connectivity index (χ1n) is 6.71. The van der Waals surface area contributed by atoms with E-state index >= 15 is 0 Å². The predicted octanol–water partition coefficient (Wildman–Crippen LogP) is 0.530. The van der Waals surface area contributed by atoms with Gasteiger partial charge in [0.25, 0.3) is 5.56 Å². The molecule has 1 aliphatic rings. The van der Waals surface area contributed by atoms with Crippen LogP contribution in [0, 0.1) is 5.82 Å². The number of ether oxygens (including phenoxy) is 1. The first kappa shape index (κ1) is 17.0. The van der Waals surface area contributed by atoms with Crippen molar-refractivity contribution in [1.29, 1.82) is 0 Å². The minimum absolute atomic E-state index is 0.0403. The standard InChI is InChI=1S/C11H13F2N4O6P/c12-5-3-17(8-7(5)9(18)16-10(14)15-8)6-1-2-11(13,23-6)4-22-24(19,20)21/h3,6H,1-2,4H2,(H2,19,20,21)(H3,14,15,16,18)/t6-,11+/m1/s1. The summed E-state index contributed by atoms with van der Waals surface area (Å²) in [6, 6.07) is 0. The minimum atomic E-state index is -4.86. The molecule has 0 aromatic carbocycles. The van der Waals surface area contributed by atoms with Crippen LogP contribution < -0.4 is 11.3 Å². The summed E-state index contributed by atoms with van der Waals surface area (Å²) < 4.78 is 49.4. The highest BCUT2D eigenvalue weighted by atomic mass is 31.2. The molecule has 0 amide bonds. The summed E-state index contributed by atoms with van der Waals surface area (Å²) in [6.45, 7) is -0.994. The van der Waals surface area contributed by atoms with Crippen molar-refractivity contribution in [3.05, 3.63) is 22.4 Å². The number of nitrogens with one attached hydrogen (secondary N) is 1. The van der Waals surface area contributed by atoms with E-state index < -0.39 is 37.9 Å². The Balaban J connectivity index is 1.90. The van der Waals surface area contributed by atoms with Crippen molar-refractivity contribution in [1.82, 2.24) is 14.5 Å². The van der Waals surface area contributed by atoms with E-state index in [1.807, 2.05) is 0 Å². The summed E-state index contributed by atoms with van der Waals surface area (Å²) in [4.78, 5) is 35.0. The average molecular weight is 366 g/mol. The molecule has 13 heteroatoms. The van der Waals surface area contributed by atoms with Crippen LogP contribution in [0.3, 0.4) is 0 Å². The number of hydrogen-bond acceptors (Lipinski definition) is 6. The number of aromatic amines is 1. The topological polar surface area (TPSA) is 153 Å². The number of halogens is 2. The third-order valence-electron chi connectivity index (χ3n) is 3.52. The number of fused-ring (bicyclic) bond motifs is 1. The van der Waals surface area contributed by atoms with Gasteiger partial charge in [0.15, 0.2) is 11.5 Å². The van der Waals surface area contributed by atoms with Gasteiger partial charge < -0.3 is 24.8 Å². The van der Waals surface area contributed by atoms with Crippen molar-refractivity contribution < 1.29 is 32.4 Å². The van der Waals surface area contributed by atoms with E-state index in [2.05, 4.69) is 14.5 Å². The lowest BCUT2D eigenvalue weighted by Gasteiger charge is -2.21. The van der Waals surface area contributed by atoms with Crippen molar-refractivity contribution in [2.24, 2.45) is 0 Å². The van der Waals surface area contributed by atoms with Crippen LogP contribution >= 0.6 is 7.82 Å². The Morgan fingerprint density at radius 2 is 2.33 bits per heavy atom. The third kappa shape index (κ3) is 3.19. The lowest BCUT2D eigenvalue weighted by atomic mass is 10.2. The highest BCUT2D eigenvalue weighted by molar-refractivity contribution is 7.46. The molecule has 3 rings (SSSR count). The van der Waals surface area contributed by atoms with Crippen LogP contribution in [0.4, 0.5) is 14.7 Å². The molecule has 5 N–H and O–H groups in total. The van der Waals surface area contributed by atoms with E-state index in [4.69, 9.17) is 20.3 Å². The summed E-state index contributed by atoms with van der Waals surface area (Å²) in [6.07, 6.45) is -0.334. The van der Waals surface area contributed by atoms with E-state index in [9.17, 15) is 18.1 Å². The van der Waals surface area contributed by atoms with Crippen molar-refractivity contribution in [2.45, 2.75) is 24.9 Å². The van der Waals surface area contributed by atoms with E-state index in [1.54, 1.807) is 0 Å². The number of aromatic nitrogens is 3. The highest BCUT2D eigenvalue weighted by Crippen LogP contribution is 2.43. The smallest absolute Gasteiger partial charge is 0.369 e. The maximum atomic E-state index is 14.4. The Morgan fingerprint density at radius 3 is 3.00 bits per heavy atom. The maximum absolute atomic E-state index is 14.4. The Hall–Kier alpha value is -1.85. The van der Waals surface area contributed by atoms with E-state index in [1.165, 1.54) is 0 Å². The van der Waals surface area contributed by atoms with Crippen molar-refractivity contribution in [2.75, 3.05) is 12.3 Å². The monoisotopic (exact) mass is 366 g/mol. The zero-order chi connectivity index (χ0) is 17.7. The highest BCUT2D eigenvalue weighted by Gasteiger charge is 2.43. The van der Waals surface area contributed by atoms with E-state index in [-0.39, 0.29) is 29.8 Å². The van der Waals surface area contributed by atoms with E-state index in [0.29, 0.717) is 0 Å². The molecule has 2 atom stereocenters. The molecule has 132 valence electrons. The number of H-pyrrole nitrogens is 1. The SMILES string of the molecule is Nc1nc2c(c(F)cn2[C@H]2CC[C@@](F)(COP(=O)(O)O)O2)c(=O)[nH]1. The van der Waals surface area contributed by atoms with E-state index in [0.717, 1.165) is 10.8 Å². The van der Waals surface area contributed by atoms with Crippen LogP contribution in [0.2, 0.25) is 0 Å². The van der Waals surface area contributed by atoms with Crippen LogP contribution in [-0.4, -0.2) is 36.8 Å². The predicted molar refractivity (Wildman–Crippen MR) is 75.9 cm³/mol. The largest absolute Gasteiger partial charge is 0.469 e. The van der Waals surface area contributed by atoms with Gasteiger partial charge in [0.1, 0.15) is 18.2 Å². The quantitative estimate of drug-likeness (QED) is 0.572. The van der Waals surface area contributed by atoms with Crippen LogP contribution in [0.15, 0.2) is 11.0 Å². The lowest BCUT2D eigenvalue weighted by molar-refractivity contribution is -0.173. The number of hydrogen-bond donors (Lipinski definition) is 4. The first-order chi connectivity index (χ1) is 11.1. The number of alkyl halides is 1.